The number of hydrogen-bond donors (Lipinski definition) is 0. The quantitative estimate of drug-likeness (QED) is 0.490. The van der Waals surface area contributed by atoms with Gasteiger partial charge in [0.15, 0.2) is 5.82 Å². The molecular formula is C27H34BrF2N5O3. The van der Waals surface area contributed by atoms with Crippen LogP contribution in [0.25, 0.3) is 10.9 Å². The first-order valence-electron chi connectivity index (χ1n) is 13.4. The van der Waals surface area contributed by atoms with Gasteiger partial charge in [0.1, 0.15) is 29.7 Å². The summed E-state index contributed by atoms with van der Waals surface area (Å²) in [5.41, 5.74) is -0.756. The number of ether oxygens (including phenoxy) is 2. The van der Waals surface area contributed by atoms with E-state index in [1.54, 1.807) is 11.0 Å². The molecule has 1 unspecified atom stereocenters. The zero-order valence-corrected chi connectivity index (χ0v) is 23.8. The van der Waals surface area contributed by atoms with Crippen LogP contribution in [0.4, 0.5) is 19.4 Å². The van der Waals surface area contributed by atoms with Crippen LogP contribution in [-0.4, -0.2) is 87.5 Å². The highest BCUT2D eigenvalue weighted by Crippen LogP contribution is 2.43. The number of carbonyl (C=O) groups excluding carboxylic acids is 1. The predicted molar refractivity (Wildman–Crippen MR) is 143 cm³/mol. The molecule has 0 N–H and O–H groups in total. The number of aromatic nitrogens is 2. The van der Waals surface area contributed by atoms with Crippen molar-refractivity contribution in [2.24, 2.45) is 0 Å². The standard InChI is InChI=1S/C27H34BrF2N5O3/c1-15-20-10-17(13-34(20)25(36)38-26(2,3)4)35(15)23-18-6-7-19(28)21(30)22(18)31-24(32-23)37-14-27-8-5-9-33(27)12-16(29)11-27/h6-7,15-17,20H,5,8-14H2,1-4H3/t15?,16-,17-,20-,27+/m1/s1. The van der Waals surface area contributed by atoms with Gasteiger partial charge in [0, 0.05) is 30.9 Å². The average molecular weight is 595 g/mol. The molecule has 1 amide bonds. The third kappa shape index (κ3) is 4.29. The molecular weight excluding hydrogens is 560 g/mol. The van der Waals surface area contributed by atoms with Crippen molar-refractivity contribution in [3.63, 3.8) is 0 Å². The molecule has 0 radical (unpaired) electrons. The van der Waals surface area contributed by atoms with Crippen LogP contribution in [0.15, 0.2) is 16.6 Å². The molecule has 1 aromatic carbocycles. The van der Waals surface area contributed by atoms with Gasteiger partial charge in [-0.05, 0) is 81.6 Å². The number of halogens is 3. The second-order valence-corrected chi connectivity index (χ2v) is 13.0. The molecule has 4 aliphatic heterocycles. The molecule has 1 aromatic heterocycles. The minimum absolute atomic E-state index is 0.00576. The molecule has 0 saturated carbocycles. The molecule has 5 heterocycles. The van der Waals surface area contributed by atoms with Crippen LogP contribution >= 0.6 is 15.9 Å². The van der Waals surface area contributed by atoms with Gasteiger partial charge in [-0.25, -0.2) is 13.6 Å². The second-order valence-electron chi connectivity index (χ2n) is 12.2. The molecule has 11 heteroatoms. The van der Waals surface area contributed by atoms with Crippen molar-refractivity contribution >= 4 is 38.7 Å². The SMILES string of the molecule is CC1[C@H]2C[C@H](CN2C(=O)OC(C)(C)C)N1c1nc(OC[C@@]23CCCN2C[C@H](F)C3)nc2c(F)c(Br)ccc12. The molecule has 38 heavy (non-hydrogen) atoms. The van der Waals surface area contributed by atoms with Crippen LogP contribution < -0.4 is 9.64 Å². The summed E-state index contributed by atoms with van der Waals surface area (Å²) in [7, 11) is 0. The summed E-state index contributed by atoms with van der Waals surface area (Å²) < 4.78 is 41.7. The second kappa shape index (κ2) is 9.15. The summed E-state index contributed by atoms with van der Waals surface area (Å²) in [4.78, 5) is 28.3. The fraction of sp³-hybridized carbons (Fsp3) is 0.667. The van der Waals surface area contributed by atoms with E-state index in [4.69, 9.17) is 14.5 Å². The minimum atomic E-state index is -0.866. The van der Waals surface area contributed by atoms with Gasteiger partial charge < -0.3 is 19.3 Å². The molecule has 0 spiro atoms. The number of hydrogen-bond acceptors (Lipinski definition) is 7. The maximum Gasteiger partial charge on any atom is 0.410 e. The monoisotopic (exact) mass is 593 g/mol. The van der Waals surface area contributed by atoms with E-state index in [0.29, 0.717) is 35.2 Å². The zero-order valence-electron chi connectivity index (χ0n) is 22.2. The Labute approximate surface area is 229 Å². The third-order valence-electron chi connectivity index (χ3n) is 8.53. The van der Waals surface area contributed by atoms with Crippen LogP contribution in [0.3, 0.4) is 0 Å². The molecule has 8 nitrogen and oxygen atoms in total. The van der Waals surface area contributed by atoms with Crippen LogP contribution in [-0.2, 0) is 4.74 Å². The van der Waals surface area contributed by atoms with E-state index in [1.165, 1.54) is 0 Å². The van der Waals surface area contributed by atoms with Gasteiger partial charge in [0.2, 0.25) is 0 Å². The molecule has 5 atom stereocenters. The number of fused-ring (bicyclic) bond motifs is 4. The van der Waals surface area contributed by atoms with Crippen molar-refractivity contribution in [1.29, 1.82) is 0 Å². The summed E-state index contributed by atoms with van der Waals surface area (Å²) >= 11 is 3.28. The molecule has 6 rings (SSSR count). The Morgan fingerprint density at radius 3 is 2.79 bits per heavy atom. The normalized spacial score (nSPS) is 30.9. The van der Waals surface area contributed by atoms with Gasteiger partial charge in [-0.1, -0.05) is 0 Å². The summed E-state index contributed by atoms with van der Waals surface area (Å²) in [6.45, 7) is 9.69. The molecule has 4 saturated heterocycles. The molecule has 206 valence electrons. The highest BCUT2D eigenvalue weighted by Gasteiger charge is 2.52. The van der Waals surface area contributed by atoms with E-state index < -0.39 is 17.6 Å². The van der Waals surface area contributed by atoms with Gasteiger partial charge >= 0.3 is 12.1 Å². The number of nitrogens with zero attached hydrogens (tertiary/aromatic N) is 5. The average Bonchev–Trinajstić information content (AvgIpc) is 3.57. The molecule has 4 aliphatic rings. The molecule has 0 aliphatic carbocycles. The molecule has 2 bridgehead atoms. The Kier molecular flexibility index (Phi) is 6.25. The van der Waals surface area contributed by atoms with Gasteiger partial charge in [0.05, 0.1) is 22.1 Å². The van der Waals surface area contributed by atoms with E-state index in [-0.39, 0.29) is 47.9 Å². The minimum Gasteiger partial charge on any atom is -0.461 e. The van der Waals surface area contributed by atoms with E-state index in [9.17, 15) is 9.18 Å². The Bertz CT molecular complexity index is 1270. The van der Waals surface area contributed by atoms with Crippen molar-refractivity contribution in [3.8, 4) is 6.01 Å². The largest absolute Gasteiger partial charge is 0.461 e. The topological polar surface area (TPSA) is 71.0 Å². The summed E-state index contributed by atoms with van der Waals surface area (Å²) in [5.74, 6) is 0.115. The number of alkyl halides is 1. The number of anilines is 1. The fourth-order valence-electron chi connectivity index (χ4n) is 6.93. The number of carbonyl (C=O) groups is 1. The number of piperazine rings is 1. The zero-order chi connectivity index (χ0) is 27.0. The fourth-order valence-corrected chi connectivity index (χ4v) is 7.25. The van der Waals surface area contributed by atoms with Crippen molar-refractivity contribution in [2.75, 3.05) is 31.1 Å². The molecule has 2 aromatic rings. The van der Waals surface area contributed by atoms with Crippen molar-refractivity contribution in [1.82, 2.24) is 19.8 Å². The number of rotatable bonds is 4. The Morgan fingerprint density at radius 2 is 2.05 bits per heavy atom. The summed E-state index contributed by atoms with van der Waals surface area (Å²) in [6, 6.07) is 3.46. The Morgan fingerprint density at radius 1 is 1.26 bits per heavy atom. The van der Waals surface area contributed by atoms with Gasteiger partial charge in [0.25, 0.3) is 0 Å². The predicted octanol–water partition coefficient (Wildman–Crippen LogP) is 5.07. The summed E-state index contributed by atoms with van der Waals surface area (Å²) in [6.07, 6.45) is 1.89. The van der Waals surface area contributed by atoms with E-state index in [2.05, 4.69) is 37.6 Å². The highest BCUT2D eigenvalue weighted by molar-refractivity contribution is 9.10. The number of likely N-dealkylation sites (tertiary alicyclic amines) is 1. The smallest absolute Gasteiger partial charge is 0.410 e. The lowest BCUT2D eigenvalue weighted by molar-refractivity contribution is 0.0188. The number of amides is 1. The van der Waals surface area contributed by atoms with Crippen LogP contribution in [0.1, 0.15) is 53.4 Å². The maximum atomic E-state index is 15.3. The van der Waals surface area contributed by atoms with Crippen molar-refractivity contribution in [3.05, 3.63) is 22.4 Å². The summed E-state index contributed by atoms with van der Waals surface area (Å²) in [5, 5.41) is 0.589. The van der Waals surface area contributed by atoms with Gasteiger partial charge in [-0.15, -0.1) is 0 Å². The third-order valence-corrected chi connectivity index (χ3v) is 9.15. The first-order chi connectivity index (χ1) is 18.0. The van der Waals surface area contributed by atoms with Crippen LogP contribution in [0.5, 0.6) is 6.01 Å². The number of benzene rings is 1. The van der Waals surface area contributed by atoms with Gasteiger partial charge in [-0.2, -0.15) is 9.97 Å². The van der Waals surface area contributed by atoms with E-state index in [1.807, 2.05) is 26.8 Å². The molecule has 4 fully saturated rings. The van der Waals surface area contributed by atoms with Crippen LogP contribution in [0, 0.1) is 5.82 Å². The maximum absolute atomic E-state index is 15.3. The first kappa shape index (κ1) is 26.0. The lowest BCUT2D eigenvalue weighted by Gasteiger charge is -2.40. The van der Waals surface area contributed by atoms with E-state index >= 15 is 4.39 Å². The van der Waals surface area contributed by atoms with Crippen molar-refractivity contribution < 1.29 is 23.0 Å². The highest BCUT2D eigenvalue weighted by atomic mass is 79.9. The lowest BCUT2D eigenvalue weighted by atomic mass is 9.95. The Balaban J connectivity index is 1.31. The van der Waals surface area contributed by atoms with E-state index in [0.717, 1.165) is 25.8 Å². The van der Waals surface area contributed by atoms with Crippen molar-refractivity contribution in [2.45, 2.75) is 88.8 Å². The van der Waals surface area contributed by atoms with Crippen LogP contribution in [0.2, 0.25) is 0 Å². The lowest BCUT2D eigenvalue weighted by Crippen LogP contribution is -2.55. The van der Waals surface area contributed by atoms with Gasteiger partial charge in [-0.3, -0.25) is 4.90 Å². The Hall–Kier alpha value is -2.27. The first-order valence-corrected chi connectivity index (χ1v) is 14.2.